The van der Waals surface area contributed by atoms with Gasteiger partial charge in [0.25, 0.3) is 0 Å². The highest BCUT2D eigenvalue weighted by Gasteiger charge is 2.10. The Morgan fingerprint density at radius 3 is 3.19 bits per heavy atom. The summed E-state index contributed by atoms with van der Waals surface area (Å²) < 4.78 is 2.24. The lowest BCUT2D eigenvalue weighted by atomic mass is 10.1. The number of hydrogen-bond donors (Lipinski definition) is 0. The molecule has 0 saturated carbocycles. The minimum absolute atomic E-state index is 0.879. The van der Waals surface area contributed by atoms with Gasteiger partial charge < -0.3 is 4.57 Å². The number of allylic oxidation sites excluding steroid dienone is 1. The van der Waals surface area contributed by atoms with Crippen LogP contribution in [0.2, 0.25) is 0 Å². The Balaban J connectivity index is 2.41. The molecule has 0 unspecified atom stereocenters. The number of benzene rings is 1. The number of aromatic nitrogens is 2. The van der Waals surface area contributed by atoms with Crippen LogP contribution in [-0.2, 0) is 6.54 Å². The summed E-state index contributed by atoms with van der Waals surface area (Å²) in [5.41, 5.74) is 2.25. The number of hydrogen-bond acceptors (Lipinski definition) is 2. The molecule has 1 aliphatic heterocycles. The minimum atomic E-state index is 0.879. The van der Waals surface area contributed by atoms with Crippen molar-refractivity contribution in [2.75, 3.05) is 0 Å². The van der Waals surface area contributed by atoms with E-state index in [-0.39, 0.29) is 0 Å². The summed E-state index contributed by atoms with van der Waals surface area (Å²) in [6.07, 6.45) is 7.98. The Morgan fingerprint density at radius 2 is 2.19 bits per heavy atom. The summed E-state index contributed by atoms with van der Waals surface area (Å²) in [7, 11) is 0. The first kappa shape index (κ1) is 8.05. The third-order valence-electron chi connectivity index (χ3n) is 3.09. The average Bonchev–Trinajstić information content (AvgIpc) is 2.56. The summed E-state index contributed by atoms with van der Waals surface area (Å²) >= 11 is 0. The van der Waals surface area contributed by atoms with Crippen molar-refractivity contribution in [1.29, 1.82) is 0 Å². The van der Waals surface area contributed by atoms with Crippen LogP contribution < -0.4 is 5.36 Å². The lowest BCUT2D eigenvalue weighted by Crippen LogP contribution is -2.05. The molecule has 0 spiro atoms. The number of pyridine rings is 1. The van der Waals surface area contributed by atoms with Gasteiger partial charge in [0.2, 0.25) is 0 Å². The van der Waals surface area contributed by atoms with Gasteiger partial charge in [-0.1, -0.05) is 0 Å². The summed E-state index contributed by atoms with van der Waals surface area (Å²) in [6.45, 7) is 0.879. The predicted molar refractivity (Wildman–Crippen MR) is 63.1 cm³/mol. The fourth-order valence-corrected chi connectivity index (χ4v) is 2.42. The van der Waals surface area contributed by atoms with Crippen LogP contribution in [-0.4, -0.2) is 9.55 Å². The fourth-order valence-electron chi connectivity index (χ4n) is 2.42. The molecule has 76 valence electrons. The van der Waals surface area contributed by atoms with E-state index in [4.69, 9.17) is 0 Å². The molecule has 1 aliphatic rings. The zero-order valence-corrected chi connectivity index (χ0v) is 8.59. The summed E-state index contributed by atoms with van der Waals surface area (Å²) in [6, 6.07) is 6.13. The maximum absolute atomic E-state index is 4.45. The van der Waals surface area contributed by atoms with Crippen molar-refractivity contribution in [3.8, 4) is 0 Å². The van der Waals surface area contributed by atoms with E-state index in [2.05, 4.69) is 32.9 Å². The van der Waals surface area contributed by atoms with Crippen molar-refractivity contribution < 1.29 is 0 Å². The van der Waals surface area contributed by atoms with Gasteiger partial charge in [0.15, 0.2) is 0 Å². The van der Waals surface area contributed by atoms with Gasteiger partial charge in [-0.15, -0.1) is 0 Å². The van der Waals surface area contributed by atoms with E-state index in [0.717, 1.165) is 17.4 Å². The van der Waals surface area contributed by atoms with Gasteiger partial charge in [0.05, 0.1) is 16.4 Å². The predicted octanol–water partition coefficient (Wildman–Crippen LogP) is 2.06. The molecule has 1 aromatic carbocycles. The molecule has 3 nitrogen and oxygen atoms in total. The van der Waals surface area contributed by atoms with E-state index in [1.54, 1.807) is 0 Å². The Hall–Kier alpha value is -2.16. The van der Waals surface area contributed by atoms with Gasteiger partial charge in [-0.05, 0) is 24.3 Å². The van der Waals surface area contributed by atoms with Gasteiger partial charge in [0, 0.05) is 35.9 Å². The van der Waals surface area contributed by atoms with Crippen LogP contribution in [0.3, 0.4) is 0 Å². The first-order valence-corrected chi connectivity index (χ1v) is 5.32. The molecule has 3 aromatic rings. The second-order valence-corrected chi connectivity index (χ2v) is 4.02. The van der Waals surface area contributed by atoms with Gasteiger partial charge in [-0.25, -0.2) is 0 Å². The minimum Gasteiger partial charge on any atom is -0.341 e. The highest BCUT2D eigenvalue weighted by molar-refractivity contribution is 6.07. The molecule has 3 heteroatoms. The van der Waals surface area contributed by atoms with Crippen LogP contribution in [0.5, 0.6) is 0 Å². The van der Waals surface area contributed by atoms with Crippen LogP contribution in [0.25, 0.3) is 21.8 Å². The first-order valence-electron chi connectivity index (χ1n) is 5.32. The number of rotatable bonds is 0. The Bertz CT molecular complexity index is 780. The molecule has 0 atom stereocenters. The van der Waals surface area contributed by atoms with E-state index in [1.165, 1.54) is 16.3 Å². The molecule has 0 amide bonds. The first-order chi connectivity index (χ1) is 7.93. The smallest absolute Gasteiger partial charge is 0.0874 e. The molecule has 2 aromatic heterocycles. The van der Waals surface area contributed by atoms with Crippen molar-refractivity contribution in [2.24, 2.45) is 4.99 Å². The van der Waals surface area contributed by atoms with Gasteiger partial charge in [-0.3, -0.25) is 9.98 Å². The molecule has 4 rings (SSSR count). The fraction of sp³-hybridized carbons (Fsp3) is 0.0769. The van der Waals surface area contributed by atoms with E-state index in [9.17, 15) is 0 Å². The maximum Gasteiger partial charge on any atom is 0.0874 e. The van der Waals surface area contributed by atoms with Crippen molar-refractivity contribution in [3.63, 3.8) is 0 Å². The third-order valence-corrected chi connectivity index (χ3v) is 3.09. The van der Waals surface area contributed by atoms with Crippen LogP contribution in [0.15, 0.2) is 47.9 Å². The van der Waals surface area contributed by atoms with E-state index in [0.29, 0.717) is 0 Å². The van der Waals surface area contributed by atoms with Crippen molar-refractivity contribution in [1.82, 2.24) is 9.55 Å². The van der Waals surface area contributed by atoms with E-state index < -0.39 is 0 Å². The topological polar surface area (TPSA) is 30.2 Å². The Labute approximate surface area is 91.7 Å². The SMILES string of the molecule is C1=CN=c2ccc3nccc4cn(c2c43)C1. The molecule has 0 saturated heterocycles. The lowest BCUT2D eigenvalue weighted by molar-refractivity contribution is 0.867. The molecule has 0 radical (unpaired) electrons. The normalized spacial score (nSPS) is 14.2. The molecule has 0 aliphatic carbocycles. The zero-order valence-electron chi connectivity index (χ0n) is 8.59. The monoisotopic (exact) mass is 207 g/mol. The molecular formula is C13H9N3. The summed E-state index contributed by atoms with van der Waals surface area (Å²) in [5, 5.41) is 3.50. The zero-order chi connectivity index (χ0) is 10.5. The number of nitrogens with zero attached hydrogens (tertiary/aromatic N) is 3. The van der Waals surface area contributed by atoms with Crippen LogP contribution in [0.1, 0.15) is 0 Å². The molecular weight excluding hydrogens is 198 g/mol. The van der Waals surface area contributed by atoms with Crippen molar-refractivity contribution in [2.45, 2.75) is 6.54 Å². The van der Waals surface area contributed by atoms with Crippen molar-refractivity contribution >= 4 is 21.8 Å². The molecule has 16 heavy (non-hydrogen) atoms. The Kier molecular flexibility index (Phi) is 1.36. The third kappa shape index (κ3) is 0.877. The van der Waals surface area contributed by atoms with E-state index >= 15 is 0 Å². The van der Waals surface area contributed by atoms with Gasteiger partial charge >= 0.3 is 0 Å². The summed E-state index contributed by atoms with van der Waals surface area (Å²) in [4.78, 5) is 8.85. The van der Waals surface area contributed by atoms with Crippen LogP contribution >= 0.6 is 0 Å². The highest BCUT2D eigenvalue weighted by Crippen LogP contribution is 2.25. The molecule has 0 bridgehead atoms. The standard InChI is InChI=1S/C13H9N3/c1-5-14-11-3-2-10-12-9(4-6-15-10)8-16(7-1)13(11)12/h1-6,8H,7H2. The molecule has 0 N–H and O–H groups in total. The second-order valence-electron chi connectivity index (χ2n) is 4.02. The quantitative estimate of drug-likeness (QED) is 0.555. The lowest BCUT2D eigenvalue weighted by Gasteiger charge is -2.00. The van der Waals surface area contributed by atoms with Crippen molar-refractivity contribution in [3.05, 3.63) is 48.2 Å². The maximum atomic E-state index is 4.45. The summed E-state index contributed by atoms with van der Waals surface area (Å²) in [5.74, 6) is 0. The highest BCUT2D eigenvalue weighted by atomic mass is 15.0. The van der Waals surface area contributed by atoms with Gasteiger partial charge in [-0.2, -0.15) is 0 Å². The average molecular weight is 207 g/mol. The second kappa shape index (κ2) is 2.70. The molecule has 0 fully saturated rings. The van der Waals surface area contributed by atoms with Crippen LogP contribution in [0, 0.1) is 0 Å². The molecule has 3 heterocycles. The van der Waals surface area contributed by atoms with E-state index in [1.807, 2.05) is 24.5 Å². The van der Waals surface area contributed by atoms with Gasteiger partial charge in [0.1, 0.15) is 0 Å². The van der Waals surface area contributed by atoms with Crippen LogP contribution in [0.4, 0.5) is 0 Å². The largest absolute Gasteiger partial charge is 0.341 e. The Morgan fingerprint density at radius 1 is 1.19 bits per heavy atom.